The van der Waals surface area contributed by atoms with Crippen molar-refractivity contribution < 1.29 is 29.7 Å². The first-order chi connectivity index (χ1) is 17.6. The summed E-state index contributed by atoms with van der Waals surface area (Å²) in [5.41, 5.74) is 0.306. The van der Waals surface area contributed by atoms with Gasteiger partial charge in [-0.1, -0.05) is 19.7 Å². The van der Waals surface area contributed by atoms with Crippen molar-refractivity contribution in [1.82, 2.24) is 0 Å². The Morgan fingerprint density at radius 2 is 0.658 bits per heavy atom. The molecule has 222 valence electrons. The van der Waals surface area contributed by atoms with E-state index in [1.165, 1.54) is 59.3 Å². The summed E-state index contributed by atoms with van der Waals surface area (Å²) in [5, 5.41) is 26.9. The summed E-state index contributed by atoms with van der Waals surface area (Å²) in [6, 6.07) is 0. The van der Waals surface area contributed by atoms with Gasteiger partial charge in [0.2, 0.25) is 0 Å². The van der Waals surface area contributed by atoms with E-state index in [0.29, 0.717) is 0 Å². The van der Waals surface area contributed by atoms with Crippen LogP contribution in [0.4, 0.5) is 0 Å². The minimum atomic E-state index is -1.19. The van der Waals surface area contributed by atoms with E-state index in [2.05, 4.69) is 61.3 Å². The van der Waals surface area contributed by atoms with Gasteiger partial charge in [0, 0.05) is 5.57 Å². The molecule has 8 heteroatoms. The Labute approximate surface area is 249 Å². The number of hydrogen-bond donors (Lipinski definition) is 1. The van der Waals surface area contributed by atoms with E-state index in [4.69, 9.17) is 5.11 Å². The summed E-state index contributed by atoms with van der Waals surface area (Å²) < 4.78 is 9.86. The molecule has 0 bridgehead atoms. The normalized spacial score (nSPS) is 8.76. The van der Waals surface area contributed by atoms with Crippen molar-refractivity contribution in [1.29, 1.82) is 0 Å². The number of rotatable bonds is 15. The minimum absolute atomic E-state index is 0.0648. The number of carboxylic acids is 3. The van der Waals surface area contributed by atoms with E-state index in [-0.39, 0.29) is 16.7 Å². The van der Waals surface area contributed by atoms with Gasteiger partial charge in [-0.25, -0.2) is 4.79 Å². The zero-order valence-electron chi connectivity index (χ0n) is 26.1. The zero-order valence-corrected chi connectivity index (χ0v) is 31.8. The van der Waals surface area contributed by atoms with Crippen molar-refractivity contribution in [3.8, 4) is 0 Å². The Kier molecular flexibility index (Phi) is 44.8. The molecule has 0 rings (SSSR count). The van der Waals surface area contributed by atoms with E-state index in [1.54, 1.807) is 26.6 Å². The molecule has 0 aromatic carbocycles. The molecule has 0 radical (unpaired) electrons. The molecule has 0 spiro atoms. The first-order valence-electron chi connectivity index (χ1n) is 13.9. The van der Waals surface area contributed by atoms with E-state index in [0.717, 1.165) is 0 Å². The van der Waals surface area contributed by atoms with E-state index in [9.17, 15) is 24.6 Å². The topological polar surface area (TPSA) is 118 Å². The third kappa shape index (κ3) is 48.3. The molecule has 0 aromatic heterocycles. The summed E-state index contributed by atoms with van der Waals surface area (Å²) in [4.78, 5) is 28.6. The Morgan fingerprint density at radius 3 is 0.711 bits per heavy atom. The molecule has 6 nitrogen and oxygen atoms in total. The molecule has 0 atom stereocenters. The molecule has 0 saturated carbocycles. The van der Waals surface area contributed by atoms with E-state index in [1.807, 2.05) is 0 Å². The van der Waals surface area contributed by atoms with Crippen LogP contribution in [-0.2, 0) is 14.4 Å². The van der Waals surface area contributed by atoms with Crippen molar-refractivity contribution in [3.05, 3.63) is 36.5 Å². The van der Waals surface area contributed by atoms with Crippen LogP contribution in [0.1, 0.15) is 101 Å². The molecule has 0 aliphatic carbocycles. The fourth-order valence-corrected chi connectivity index (χ4v) is 19.3. The number of aliphatic carboxylic acids is 3. The fourth-order valence-electron chi connectivity index (χ4n) is 2.87. The first kappa shape index (κ1) is 47.0. The predicted octanol–water partition coefficient (Wildman–Crippen LogP) is 6.69. The molecule has 0 aromatic rings. The molecular formula is C30H58O6Sn2. The first-order valence-corrected chi connectivity index (χ1v) is 26.0. The van der Waals surface area contributed by atoms with Gasteiger partial charge in [-0.3, -0.25) is 0 Å². The van der Waals surface area contributed by atoms with Crippen molar-refractivity contribution in [3.63, 3.8) is 0 Å². The second kappa shape index (κ2) is 36.2. The van der Waals surface area contributed by atoms with Crippen LogP contribution < -0.4 is 10.2 Å². The number of hydrogen-bond acceptors (Lipinski definition) is 5. The summed E-state index contributed by atoms with van der Waals surface area (Å²) in [6.07, 6.45) is 8.72. The van der Waals surface area contributed by atoms with Crippen LogP contribution in [-0.4, -0.2) is 62.5 Å². The van der Waals surface area contributed by atoms with Gasteiger partial charge < -0.3 is 24.9 Å². The number of carbonyl (C=O) groups excluding carboxylic acids is 2. The van der Waals surface area contributed by atoms with Gasteiger partial charge in [0.25, 0.3) is 0 Å². The summed E-state index contributed by atoms with van der Waals surface area (Å²) in [6.45, 7) is 27.6. The maximum absolute atomic E-state index is 9.60. The molecule has 0 aliphatic rings. The quantitative estimate of drug-likeness (QED) is 0.147. The van der Waals surface area contributed by atoms with Crippen molar-refractivity contribution >= 4 is 57.4 Å². The van der Waals surface area contributed by atoms with Gasteiger partial charge in [-0.05, 0) is 31.9 Å². The van der Waals surface area contributed by atoms with Crippen LogP contribution in [0.5, 0.6) is 0 Å². The molecule has 0 fully saturated rings. The Morgan fingerprint density at radius 1 is 0.526 bits per heavy atom. The van der Waals surface area contributed by atoms with Crippen LogP contribution in [0.3, 0.4) is 0 Å². The Bertz CT molecular complexity index is 493. The van der Waals surface area contributed by atoms with Crippen LogP contribution in [0.2, 0.25) is 26.6 Å². The molecule has 0 unspecified atom stereocenters. The van der Waals surface area contributed by atoms with Crippen molar-refractivity contribution in [2.45, 2.75) is 127 Å². The Hall–Kier alpha value is -0.773. The van der Waals surface area contributed by atoms with Crippen LogP contribution in [0.15, 0.2) is 36.5 Å². The van der Waals surface area contributed by atoms with E-state index >= 15 is 0 Å². The predicted molar refractivity (Wildman–Crippen MR) is 164 cm³/mol. The number of carbonyl (C=O) groups is 3. The monoisotopic (exact) mass is 754 g/mol. The van der Waals surface area contributed by atoms with E-state index < -0.39 is 57.4 Å². The number of carboxylic acid groups (broad SMARTS) is 3. The Balaban J connectivity index is -0.000000122. The van der Waals surface area contributed by atoms with Crippen molar-refractivity contribution in [2.75, 3.05) is 0 Å². The molecule has 0 saturated heterocycles. The van der Waals surface area contributed by atoms with Crippen LogP contribution in [0, 0.1) is 0 Å². The second-order valence-electron chi connectivity index (χ2n) is 9.22. The molecule has 1 N–H and O–H groups in total. The van der Waals surface area contributed by atoms with Gasteiger partial charge in [0.15, 0.2) is 0 Å². The molecule has 0 aliphatic heterocycles. The zero-order chi connectivity index (χ0) is 31.1. The standard InChI is InChI=1S/3C4H6O2.6C3H7.2Sn/c3*1-3(2)4(5)6;6*1-3-2;;/h3*1H2,2H3,(H,5,6);6*1,3H2,2H3;;/q;;;;;;;;;2*+1/p-2. The van der Waals surface area contributed by atoms with Gasteiger partial charge in [-0.2, -0.15) is 0 Å². The fraction of sp³-hybridized carbons (Fsp3) is 0.700. The van der Waals surface area contributed by atoms with Gasteiger partial charge >= 0.3 is 152 Å². The van der Waals surface area contributed by atoms with Gasteiger partial charge in [0.05, 0.1) is 11.9 Å². The summed E-state index contributed by atoms with van der Waals surface area (Å²) >= 11 is -1.52. The average molecular weight is 752 g/mol. The third-order valence-electron chi connectivity index (χ3n) is 4.68. The summed E-state index contributed by atoms with van der Waals surface area (Å²) in [7, 11) is 0. The molecule has 38 heavy (non-hydrogen) atoms. The van der Waals surface area contributed by atoms with Crippen LogP contribution >= 0.6 is 0 Å². The molecule has 0 heterocycles. The average Bonchev–Trinajstić information content (AvgIpc) is 2.81. The van der Waals surface area contributed by atoms with Gasteiger partial charge in [-0.15, -0.1) is 0 Å². The van der Waals surface area contributed by atoms with Crippen LogP contribution in [0.25, 0.3) is 0 Å². The molecular weight excluding hydrogens is 694 g/mol. The summed E-state index contributed by atoms with van der Waals surface area (Å²) in [5.74, 6) is -3.31. The second-order valence-corrected chi connectivity index (χ2v) is 26.3. The molecule has 0 amide bonds. The third-order valence-corrected chi connectivity index (χ3v) is 25.4. The van der Waals surface area contributed by atoms with Crippen molar-refractivity contribution in [2.24, 2.45) is 0 Å². The SMILES string of the molecule is C=C(C)C(=O)O.C=C(C)C(=O)[O-].C=C(C)C(=O)[O-].CC[CH2][Sn+]([CH2]CC)[CH2]CC.CC[CH2][Sn+]([CH2]CC)[CH2]CC. The maximum atomic E-state index is 9.60. The van der Waals surface area contributed by atoms with Gasteiger partial charge in [0.1, 0.15) is 0 Å².